The van der Waals surface area contributed by atoms with Crippen LogP contribution in [0.2, 0.25) is 0 Å². The summed E-state index contributed by atoms with van der Waals surface area (Å²) in [4.78, 5) is 13.0. The molecule has 3 heterocycles. The van der Waals surface area contributed by atoms with Crippen LogP contribution >= 0.6 is 11.8 Å². The second kappa shape index (κ2) is 7.67. The molecule has 29 heavy (non-hydrogen) atoms. The van der Waals surface area contributed by atoms with E-state index in [-0.39, 0.29) is 5.56 Å². The molecule has 0 saturated carbocycles. The first-order valence-corrected chi connectivity index (χ1v) is 11.2. The molecule has 1 aliphatic carbocycles. The summed E-state index contributed by atoms with van der Waals surface area (Å²) in [7, 11) is 0. The maximum Gasteiger partial charge on any atom is 0.262 e. The Labute approximate surface area is 172 Å². The van der Waals surface area contributed by atoms with E-state index in [2.05, 4.69) is 22.3 Å². The number of hydrogen-bond donors (Lipinski definition) is 0. The van der Waals surface area contributed by atoms with Crippen LogP contribution in [0.1, 0.15) is 49.6 Å². The fourth-order valence-electron chi connectivity index (χ4n) is 4.04. The van der Waals surface area contributed by atoms with Crippen molar-refractivity contribution in [3.63, 3.8) is 0 Å². The van der Waals surface area contributed by atoms with Crippen molar-refractivity contribution < 1.29 is 4.52 Å². The van der Waals surface area contributed by atoms with Crippen LogP contribution in [-0.2, 0) is 25.1 Å². The van der Waals surface area contributed by atoms with E-state index in [1.54, 1.807) is 16.3 Å². The highest BCUT2D eigenvalue weighted by molar-refractivity contribution is 7.98. The predicted octanol–water partition coefficient (Wildman–Crippen LogP) is 4.00. The van der Waals surface area contributed by atoms with Gasteiger partial charge in [-0.3, -0.25) is 13.8 Å². The molecule has 7 nitrogen and oxygen atoms in total. The summed E-state index contributed by atoms with van der Waals surface area (Å²) in [5, 5.41) is 14.6. The molecule has 0 amide bonds. The molecule has 1 aromatic carbocycles. The maximum atomic E-state index is 13.0. The van der Waals surface area contributed by atoms with Gasteiger partial charge in [-0.2, -0.15) is 0 Å². The van der Waals surface area contributed by atoms with Crippen molar-refractivity contribution in [1.29, 1.82) is 0 Å². The number of rotatable bonds is 6. The first-order valence-electron chi connectivity index (χ1n) is 10.2. The van der Waals surface area contributed by atoms with Crippen molar-refractivity contribution in [1.82, 2.24) is 24.3 Å². The number of nitrogens with zero attached hydrogens (tertiary/aromatic N) is 5. The van der Waals surface area contributed by atoms with Gasteiger partial charge in [-0.05, 0) is 37.8 Å². The average molecular weight is 410 g/mol. The van der Waals surface area contributed by atoms with E-state index in [4.69, 9.17) is 4.52 Å². The van der Waals surface area contributed by atoms with Crippen LogP contribution in [-0.4, -0.2) is 24.3 Å². The molecule has 0 bridgehead atoms. The van der Waals surface area contributed by atoms with E-state index in [1.165, 1.54) is 18.4 Å². The summed E-state index contributed by atoms with van der Waals surface area (Å²) in [6.45, 7) is 2.76. The number of thioether (sulfide) groups is 1. The molecule has 0 atom stereocenters. The molecule has 4 aromatic rings. The Hall–Kier alpha value is -2.61. The van der Waals surface area contributed by atoms with Gasteiger partial charge in [0.2, 0.25) is 5.78 Å². The molecule has 0 saturated heterocycles. The van der Waals surface area contributed by atoms with Crippen LogP contribution in [0.5, 0.6) is 0 Å². The first-order chi connectivity index (χ1) is 14.3. The Bertz CT molecular complexity index is 1240. The third-order valence-corrected chi connectivity index (χ3v) is 6.52. The van der Waals surface area contributed by atoms with Gasteiger partial charge in [0.05, 0.1) is 16.6 Å². The van der Waals surface area contributed by atoms with E-state index in [1.807, 2.05) is 28.7 Å². The van der Waals surface area contributed by atoms with Gasteiger partial charge < -0.3 is 4.52 Å². The quantitative estimate of drug-likeness (QED) is 0.448. The Kier molecular flexibility index (Phi) is 4.87. The zero-order valence-corrected chi connectivity index (χ0v) is 17.2. The van der Waals surface area contributed by atoms with Crippen molar-refractivity contribution in [2.45, 2.75) is 62.9 Å². The molecule has 0 aliphatic heterocycles. The van der Waals surface area contributed by atoms with Crippen LogP contribution in [0.25, 0.3) is 16.7 Å². The Morgan fingerprint density at radius 1 is 1.17 bits per heavy atom. The molecule has 8 heteroatoms. The molecule has 0 unspecified atom stereocenters. The molecular formula is C21H23N5O2S. The highest BCUT2D eigenvalue weighted by atomic mass is 32.2. The van der Waals surface area contributed by atoms with Gasteiger partial charge in [-0.15, -0.1) is 10.2 Å². The smallest absolute Gasteiger partial charge is 0.262 e. The Morgan fingerprint density at radius 3 is 2.93 bits per heavy atom. The van der Waals surface area contributed by atoms with Gasteiger partial charge in [0.1, 0.15) is 5.76 Å². The van der Waals surface area contributed by atoms with Crippen LogP contribution in [0, 0.1) is 0 Å². The Balaban J connectivity index is 1.57. The molecule has 0 spiro atoms. The van der Waals surface area contributed by atoms with Gasteiger partial charge in [0, 0.05) is 24.3 Å². The van der Waals surface area contributed by atoms with E-state index in [0.717, 1.165) is 47.8 Å². The highest BCUT2D eigenvalue weighted by Crippen LogP contribution is 2.30. The monoisotopic (exact) mass is 409 g/mol. The molecular weight excluding hydrogens is 386 g/mol. The molecule has 3 aromatic heterocycles. The van der Waals surface area contributed by atoms with Crippen LogP contribution in [0.3, 0.4) is 0 Å². The average Bonchev–Trinajstić information content (AvgIpc) is 3.36. The third-order valence-electron chi connectivity index (χ3n) is 5.58. The summed E-state index contributed by atoms with van der Waals surface area (Å²) in [5.41, 5.74) is 3.11. The number of hydrogen-bond acceptors (Lipinski definition) is 6. The van der Waals surface area contributed by atoms with Gasteiger partial charge in [0.15, 0.2) is 5.16 Å². The highest BCUT2D eigenvalue weighted by Gasteiger charge is 2.21. The van der Waals surface area contributed by atoms with E-state index in [0.29, 0.717) is 23.5 Å². The predicted molar refractivity (Wildman–Crippen MR) is 112 cm³/mol. The lowest BCUT2D eigenvalue weighted by Gasteiger charge is -2.11. The van der Waals surface area contributed by atoms with Crippen molar-refractivity contribution >= 4 is 28.4 Å². The number of aromatic nitrogens is 5. The second-order valence-electron chi connectivity index (χ2n) is 7.47. The zero-order chi connectivity index (χ0) is 19.8. The molecule has 5 rings (SSSR count). The number of unbranched alkanes of at least 4 members (excludes halogenated alkanes) is 1. The summed E-state index contributed by atoms with van der Waals surface area (Å²) >= 11 is 1.59. The summed E-state index contributed by atoms with van der Waals surface area (Å²) in [6, 6.07) is 7.68. The lowest BCUT2D eigenvalue weighted by atomic mass is 9.97. The van der Waals surface area contributed by atoms with E-state index >= 15 is 0 Å². The Morgan fingerprint density at radius 2 is 2.03 bits per heavy atom. The minimum Gasteiger partial charge on any atom is -0.361 e. The lowest BCUT2D eigenvalue weighted by molar-refractivity contribution is 0.369. The zero-order valence-electron chi connectivity index (χ0n) is 16.4. The molecule has 0 fully saturated rings. The summed E-state index contributed by atoms with van der Waals surface area (Å²) < 4.78 is 9.30. The van der Waals surface area contributed by atoms with Crippen molar-refractivity contribution in [2.75, 3.05) is 0 Å². The normalized spacial score (nSPS) is 14.0. The van der Waals surface area contributed by atoms with Crippen LogP contribution in [0.4, 0.5) is 0 Å². The largest absolute Gasteiger partial charge is 0.361 e. The fraction of sp³-hybridized carbons (Fsp3) is 0.429. The SMILES string of the molecule is CCCCn1c(=O)c2ccccc2n2c(SCc3noc4c3CCCC4)nnc12. The van der Waals surface area contributed by atoms with Crippen molar-refractivity contribution in [2.24, 2.45) is 0 Å². The minimum atomic E-state index is -0.00364. The van der Waals surface area contributed by atoms with Gasteiger partial charge in [-0.1, -0.05) is 42.4 Å². The van der Waals surface area contributed by atoms with Crippen LogP contribution in [0.15, 0.2) is 38.7 Å². The third kappa shape index (κ3) is 3.15. The summed E-state index contributed by atoms with van der Waals surface area (Å²) in [6.07, 6.45) is 6.32. The molecule has 1 aliphatic rings. The van der Waals surface area contributed by atoms with Gasteiger partial charge >= 0.3 is 0 Å². The minimum absolute atomic E-state index is 0.00364. The summed E-state index contributed by atoms with van der Waals surface area (Å²) in [5.74, 6) is 2.32. The number of benzene rings is 1. The van der Waals surface area contributed by atoms with E-state index < -0.39 is 0 Å². The number of aryl methyl sites for hydroxylation is 2. The van der Waals surface area contributed by atoms with Crippen LogP contribution < -0.4 is 5.56 Å². The fourth-order valence-corrected chi connectivity index (χ4v) is 4.94. The maximum absolute atomic E-state index is 13.0. The molecule has 150 valence electrons. The van der Waals surface area contributed by atoms with E-state index in [9.17, 15) is 4.79 Å². The lowest BCUT2D eigenvalue weighted by Crippen LogP contribution is -2.23. The van der Waals surface area contributed by atoms with Crippen molar-refractivity contribution in [3.05, 3.63) is 51.6 Å². The number of para-hydroxylation sites is 1. The molecule has 0 N–H and O–H groups in total. The second-order valence-corrected chi connectivity index (χ2v) is 8.41. The molecule has 0 radical (unpaired) electrons. The number of fused-ring (bicyclic) bond motifs is 4. The van der Waals surface area contributed by atoms with Gasteiger partial charge in [0.25, 0.3) is 5.56 Å². The first kappa shape index (κ1) is 18.4. The standard InChI is InChI=1S/C21H23N5O2S/c1-2-3-12-25-19(27)15-9-4-6-10-17(15)26-20(25)22-23-21(26)29-13-16-14-8-5-7-11-18(14)28-24-16/h4,6,9-10H,2-3,5,7-8,11-13H2,1H3. The van der Waals surface area contributed by atoms with Crippen molar-refractivity contribution in [3.8, 4) is 0 Å². The topological polar surface area (TPSA) is 78.2 Å². The van der Waals surface area contributed by atoms with Gasteiger partial charge in [-0.25, -0.2) is 0 Å².